The fourth-order valence-electron chi connectivity index (χ4n) is 2.25. The SMILES string of the molecule is CCCCc1ccc2nc(NC(=O)C=Cc3ccco3)sc2c1. The summed E-state index contributed by atoms with van der Waals surface area (Å²) in [5, 5.41) is 3.41. The monoisotopic (exact) mass is 326 g/mol. The summed E-state index contributed by atoms with van der Waals surface area (Å²) >= 11 is 1.50. The molecule has 0 aliphatic heterocycles. The number of anilines is 1. The predicted octanol–water partition coefficient (Wildman–Crippen LogP) is 4.88. The van der Waals surface area contributed by atoms with Gasteiger partial charge in [-0.1, -0.05) is 30.7 Å². The number of aromatic nitrogens is 1. The molecule has 1 aromatic carbocycles. The number of carbonyl (C=O) groups is 1. The molecule has 2 aromatic heterocycles. The number of nitrogens with zero attached hydrogens (tertiary/aromatic N) is 1. The van der Waals surface area contributed by atoms with E-state index < -0.39 is 0 Å². The molecule has 0 saturated heterocycles. The number of aryl methyl sites for hydroxylation is 1. The number of fused-ring (bicyclic) bond motifs is 1. The lowest BCUT2D eigenvalue weighted by atomic mass is 10.1. The van der Waals surface area contributed by atoms with Gasteiger partial charge in [0.15, 0.2) is 5.13 Å². The Morgan fingerprint density at radius 2 is 2.30 bits per heavy atom. The summed E-state index contributed by atoms with van der Waals surface area (Å²) in [4.78, 5) is 16.4. The van der Waals surface area contributed by atoms with Crippen LogP contribution in [0, 0.1) is 0 Å². The zero-order valence-corrected chi connectivity index (χ0v) is 13.7. The molecule has 0 aliphatic carbocycles. The first kappa shape index (κ1) is 15.5. The van der Waals surface area contributed by atoms with Crippen LogP contribution in [0.3, 0.4) is 0 Å². The van der Waals surface area contributed by atoms with Crippen LogP contribution in [0.15, 0.2) is 47.1 Å². The summed E-state index contributed by atoms with van der Waals surface area (Å²) in [7, 11) is 0. The highest BCUT2D eigenvalue weighted by molar-refractivity contribution is 7.22. The molecule has 23 heavy (non-hydrogen) atoms. The van der Waals surface area contributed by atoms with E-state index in [9.17, 15) is 4.79 Å². The quantitative estimate of drug-likeness (QED) is 0.657. The number of furan rings is 1. The molecule has 1 amide bonds. The highest BCUT2D eigenvalue weighted by Crippen LogP contribution is 2.27. The molecule has 0 bridgehead atoms. The third-order valence-corrected chi connectivity index (χ3v) is 4.38. The van der Waals surface area contributed by atoms with Crippen LogP contribution in [0.1, 0.15) is 31.1 Å². The number of rotatable bonds is 6. The van der Waals surface area contributed by atoms with Crippen LogP contribution in [0.4, 0.5) is 5.13 Å². The summed E-state index contributed by atoms with van der Waals surface area (Å²) < 4.78 is 6.25. The number of hydrogen-bond donors (Lipinski definition) is 1. The van der Waals surface area contributed by atoms with Gasteiger partial charge in [0, 0.05) is 6.08 Å². The van der Waals surface area contributed by atoms with Gasteiger partial charge >= 0.3 is 0 Å². The van der Waals surface area contributed by atoms with Gasteiger partial charge in [-0.15, -0.1) is 0 Å². The van der Waals surface area contributed by atoms with E-state index in [2.05, 4.69) is 29.4 Å². The maximum absolute atomic E-state index is 11.9. The van der Waals surface area contributed by atoms with E-state index in [1.807, 2.05) is 6.07 Å². The lowest BCUT2D eigenvalue weighted by molar-refractivity contribution is -0.111. The van der Waals surface area contributed by atoms with E-state index in [0.717, 1.165) is 16.6 Å². The number of amides is 1. The Bertz CT molecular complexity index is 819. The molecule has 5 heteroatoms. The molecular formula is C18H18N2O2S. The minimum atomic E-state index is -0.216. The van der Waals surface area contributed by atoms with Crippen molar-refractivity contribution in [1.82, 2.24) is 4.98 Å². The molecule has 0 aliphatic rings. The van der Waals surface area contributed by atoms with Gasteiger partial charge in [-0.05, 0) is 48.7 Å². The minimum Gasteiger partial charge on any atom is -0.465 e. The summed E-state index contributed by atoms with van der Waals surface area (Å²) in [6.45, 7) is 2.19. The Morgan fingerprint density at radius 3 is 3.09 bits per heavy atom. The lowest BCUT2D eigenvalue weighted by Gasteiger charge is -1.98. The number of hydrogen-bond acceptors (Lipinski definition) is 4. The molecular weight excluding hydrogens is 308 g/mol. The van der Waals surface area contributed by atoms with Gasteiger partial charge in [-0.3, -0.25) is 10.1 Å². The second kappa shape index (κ2) is 7.24. The molecule has 3 aromatic rings. The summed E-state index contributed by atoms with van der Waals surface area (Å²) in [5.74, 6) is 0.427. The number of thiazole rings is 1. The number of unbranched alkanes of at least 4 members (excludes halogenated alkanes) is 1. The van der Waals surface area contributed by atoms with E-state index in [1.54, 1.807) is 24.5 Å². The third-order valence-electron chi connectivity index (χ3n) is 3.44. The maximum atomic E-state index is 11.9. The Kier molecular flexibility index (Phi) is 4.88. The van der Waals surface area contributed by atoms with Gasteiger partial charge in [-0.2, -0.15) is 0 Å². The second-order valence-electron chi connectivity index (χ2n) is 5.26. The zero-order valence-electron chi connectivity index (χ0n) is 12.9. The van der Waals surface area contributed by atoms with Crippen molar-refractivity contribution in [3.8, 4) is 0 Å². The van der Waals surface area contributed by atoms with Crippen LogP contribution in [-0.2, 0) is 11.2 Å². The van der Waals surface area contributed by atoms with E-state index in [4.69, 9.17) is 4.42 Å². The third kappa shape index (κ3) is 4.07. The highest BCUT2D eigenvalue weighted by Gasteiger charge is 2.07. The molecule has 118 valence electrons. The van der Waals surface area contributed by atoms with E-state index in [1.165, 1.54) is 35.8 Å². The van der Waals surface area contributed by atoms with Gasteiger partial charge in [0.05, 0.1) is 16.5 Å². The Balaban J connectivity index is 1.69. The van der Waals surface area contributed by atoms with Crippen molar-refractivity contribution in [2.45, 2.75) is 26.2 Å². The van der Waals surface area contributed by atoms with Crippen LogP contribution < -0.4 is 5.32 Å². The standard InChI is InChI=1S/C18H18N2O2S/c1-2-3-5-13-7-9-15-16(12-13)23-18(19-15)20-17(21)10-8-14-6-4-11-22-14/h4,6-12H,2-3,5H2,1H3,(H,19,20,21). The van der Waals surface area contributed by atoms with Crippen molar-refractivity contribution in [2.24, 2.45) is 0 Å². The molecule has 0 fully saturated rings. The first-order valence-corrected chi connectivity index (χ1v) is 8.48. The smallest absolute Gasteiger partial charge is 0.250 e. The first-order valence-electron chi connectivity index (χ1n) is 7.66. The Labute approximate surface area is 138 Å². The number of nitrogens with one attached hydrogen (secondary N) is 1. The van der Waals surface area contributed by atoms with Crippen molar-refractivity contribution in [1.29, 1.82) is 0 Å². The van der Waals surface area contributed by atoms with Crippen molar-refractivity contribution in [3.63, 3.8) is 0 Å². The number of carbonyl (C=O) groups excluding carboxylic acids is 1. The molecule has 0 atom stereocenters. The van der Waals surface area contributed by atoms with Gasteiger partial charge < -0.3 is 4.42 Å². The fraction of sp³-hybridized carbons (Fsp3) is 0.222. The molecule has 1 N–H and O–H groups in total. The largest absolute Gasteiger partial charge is 0.465 e. The van der Waals surface area contributed by atoms with Gasteiger partial charge in [0.1, 0.15) is 5.76 Å². The summed E-state index contributed by atoms with van der Waals surface area (Å²) in [5.41, 5.74) is 2.24. The lowest BCUT2D eigenvalue weighted by Crippen LogP contribution is -2.07. The van der Waals surface area contributed by atoms with Gasteiger partial charge in [-0.25, -0.2) is 4.98 Å². The van der Waals surface area contributed by atoms with E-state index in [-0.39, 0.29) is 5.91 Å². The van der Waals surface area contributed by atoms with Crippen LogP contribution in [0.5, 0.6) is 0 Å². The summed E-state index contributed by atoms with van der Waals surface area (Å²) in [6, 6.07) is 9.86. The van der Waals surface area contributed by atoms with Crippen LogP contribution in [0.25, 0.3) is 16.3 Å². The normalized spacial score (nSPS) is 11.3. The predicted molar refractivity (Wildman–Crippen MR) is 94.6 cm³/mol. The van der Waals surface area contributed by atoms with Crippen molar-refractivity contribution < 1.29 is 9.21 Å². The highest BCUT2D eigenvalue weighted by atomic mass is 32.1. The van der Waals surface area contributed by atoms with Gasteiger partial charge in [0.25, 0.3) is 0 Å². The zero-order chi connectivity index (χ0) is 16.1. The fourth-order valence-corrected chi connectivity index (χ4v) is 3.18. The number of benzene rings is 1. The maximum Gasteiger partial charge on any atom is 0.250 e. The Morgan fingerprint density at radius 1 is 1.39 bits per heavy atom. The average molecular weight is 326 g/mol. The minimum absolute atomic E-state index is 0.216. The summed E-state index contributed by atoms with van der Waals surface area (Å²) in [6.07, 6.45) is 8.10. The molecule has 0 spiro atoms. The van der Waals surface area contributed by atoms with Crippen LogP contribution >= 0.6 is 11.3 Å². The molecule has 4 nitrogen and oxygen atoms in total. The van der Waals surface area contributed by atoms with Crippen molar-refractivity contribution in [2.75, 3.05) is 5.32 Å². The van der Waals surface area contributed by atoms with Crippen LogP contribution in [-0.4, -0.2) is 10.9 Å². The van der Waals surface area contributed by atoms with E-state index >= 15 is 0 Å². The Hall–Kier alpha value is -2.40. The molecule has 2 heterocycles. The average Bonchev–Trinajstić information content (AvgIpc) is 3.19. The second-order valence-corrected chi connectivity index (χ2v) is 6.29. The van der Waals surface area contributed by atoms with Crippen LogP contribution in [0.2, 0.25) is 0 Å². The van der Waals surface area contributed by atoms with Crippen molar-refractivity contribution in [3.05, 3.63) is 54.0 Å². The van der Waals surface area contributed by atoms with Crippen molar-refractivity contribution >= 4 is 38.7 Å². The molecule has 0 unspecified atom stereocenters. The molecule has 3 rings (SSSR count). The molecule has 0 radical (unpaired) electrons. The van der Waals surface area contributed by atoms with E-state index in [0.29, 0.717) is 10.9 Å². The molecule has 0 saturated carbocycles. The van der Waals surface area contributed by atoms with Gasteiger partial charge in [0.2, 0.25) is 5.91 Å². The first-order chi connectivity index (χ1) is 11.2. The topological polar surface area (TPSA) is 55.1 Å².